The molecule has 2 aliphatic rings. The van der Waals surface area contributed by atoms with Crippen LogP contribution in [0.25, 0.3) is 10.4 Å². The van der Waals surface area contributed by atoms with Crippen LogP contribution in [0.5, 0.6) is 11.5 Å². The lowest BCUT2D eigenvalue weighted by atomic mass is 10.1. The number of fused-ring (bicyclic) bond motifs is 1. The molecule has 3 heterocycles. The van der Waals surface area contributed by atoms with Crippen LogP contribution in [0.4, 0.5) is 0 Å². The summed E-state index contributed by atoms with van der Waals surface area (Å²) in [5, 5.41) is 3.31. The third kappa shape index (κ3) is 2.87. The van der Waals surface area contributed by atoms with Gasteiger partial charge in [0.05, 0.1) is 4.88 Å². The highest BCUT2D eigenvalue weighted by atomic mass is 32.1. The Bertz CT molecular complexity index is 758. The molecule has 24 heavy (non-hydrogen) atoms. The van der Waals surface area contributed by atoms with Gasteiger partial charge in [-0.15, -0.1) is 11.3 Å². The molecule has 0 saturated carbocycles. The average Bonchev–Trinajstić information content (AvgIpc) is 3.11. The van der Waals surface area contributed by atoms with Gasteiger partial charge in [-0.05, 0) is 42.8 Å². The summed E-state index contributed by atoms with van der Waals surface area (Å²) < 4.78 is 11.2. The van der Waals surface area contributed by atoms with Gasteiger partial charge in [-0.25, -0.2) is 0 Å². The first-order chi connectivity index (χ1) is 11.7. The smallest absolute Gasteiger partial charge is 0.264 e. The summed E-state index contributed by atoms with van der Waals surface area (Å²) in [5.41, 5.74) is 1.05. The minimum absolute atomic E-state index is 0.123. The van der Waals surface area contributed by atoms with Gasteiger partial charge in [-0.3, -0.25) is 4.79 Å². The first-order valence-electron chi connectivity index (χ1n) is 8.24. The van der Waals surface area contributed by atoms with Crippen LogP contribution in [-0.2, 0) is 0 Å². The Kier molecular flexibility index (Phi) is 4.16. The number of benzene rings is 1. The number of thiophene rings is 1. The monoisotopic (exact) mass is 344 g/mol. The molecule has 0 radical (unpaired) electrons. The fourth-order valence-corrected chi connectivity index (χ4v) is 4.05. The quantitative estimate of drug-likeness (QED) is 0.910. The van der Waals surface area contributed by atoms with E-state index in [0.717, 1.165) is 46.5 Å². The lowest BCUT2D eigenvalue weighted by Gasteiger charge is -2.33. The molecule has 5 nitrogen and oxygen atoms in total. The Morgan fingerprint density at radius 2 is 2.04 bits per heavy atom. The Morgan fingerprint density at radius 3 is 2.88 bits per heavy atom. The minimum atomic E-state index is 0.123. The maximum Gasteiger partial charge on any atom is 0.264 e. The molecular weight excluding hydrogens is 324 g/mol. The Hall–Kier alpha value is -2.05. The van der Waals surface area contributed by atoms with E-state index in [1.54, 1.807) is 0 Å². The summed E-state index contributed by atoms with van der Waals surface area (Å²) in [4.78, 5) is 16.6. The van der Waals surface area contributed by atoms with Crippen LogP contribution in [0.15, 0.2) is 30.3 Å². The molecule has 1 amide bonds. The van der Waals surface area contributed by atoms with Crippen molar-refractivity contribution in [1.29, 1.82) is 0 Å². The molecule has 126 valence electrons. The Morgan fingerprint density at radius 1 is 1.21 bits per heavy atom. The van der Waals surface area contributed by atoms with E-state index in [4.69, 9.17) is 9.47 Å². The largest absolute Gasteiger partial charge is 0.486 e. The average molecular weight is 344 g/mol. The molecule has 2 aliphatic heterocycles. The Balaban J connectivity index is 1.57. The van der Waals surface area contributed by atoms with Crippen molar-refractivity contribution in [3.63, 3.8) is 0 Å². The summed E-state index contributed by atoms with van der Waals surface area (Å²) in [7, 11) is 0. The standard InChI is InChI=1S/C18H20N2O3S/c1-12-11-19-6-7-20(12)18(21)17-5-4-16(24-17)13-2-3-14-15(10-13)23-9-8-22-14/h2-5,10,12,19H,6-9,11H2,1H3. The van der Waals surface area contributed by atoms with E-state index < -0.39 is 0 Å². The second-order valence-corrected chi connectivity index (χ2v) is 7.16. The lowest BCUT2D eigenvalue weighted by molar-refractivity contribution is 0.0661. The van der Waals surface area contributed by atoms with Gasteiger partial charge in [-0.2, -0.15) is 0 Å². The van der Waals surface area contributed by atoms with Crippen LogP contribution < -0.4 is 14.8 Å². The number of rotatable bonds is 2. The first-order valence-corrected chi connectivity index (χ1v) is 9.05. The van der Waals surface area contributed by atoms with Crippen molar-refractivity contribution in [2.75, 3.05) is 32.8 Å². The lowest BCUT2D eigenvalue weighted by Crippen LogP contribution is -2.52. The normalized spacial score (nSPS) is 20.0. The highest BCUT2D eigenvalue weighted by molar-refractivity contribution is 7.17. The number of nitrogens with one attached hydrogen (secondary N) is 1. The summed E-state index contributed by atoms with van der Waals surface area (Å²) in [6.45, 7) is 5.72. The van der Waals surface area contributed by atoms with E-state index in [-0.39, 0.29) is 11.9 Å². The molecular formula is C18H20N2O3S. The van der Waals surface area contributed by atoms with Crippen LogP contribution in [0.3, 0.4) is 0 Å². The van der Waals surface area contributed by atoms with Crippen LogP contribution in [0, 0.1) is 0 Å². The van der Waals surface area contributed by atoms with E-state index in [0.29, 0.717) is 13.2 Å². The van der Waals surface area contributed by atoms with Gasteiger partial charge in [0, 0.05) is 30.6 Å². The van der Waals surface area contributed by atoms with Gasteiger partial charge in [0.1, 0.15) is 13.2 Å². The van der Waals surface area contributed by atoms with Crippen molar-refractivity contribution < 1.29 is 14.3 Å². The van der Waals surface area contributed by atoms with Crippen LogP contribution in [0.2, 0.25) is 0 Å². The molecule has 6 heteroatoms. The van der Waals surface area contributed by atoms with E-state index in [1.165, 1.54) is 11.3 Å². The third-order valence-corrected chi connectivity index (χ3v) is 5.53. The molecule has 1 N–H and O–H groups in total. The molecule has 1 atom stereocenters. The van der Waals surface area contributed by atoms with Crippen molar-refractivity contribution in [2.45, 2.75) is 13.0 Å². The molecule has 1 saturated heterocycles. The van der Waals surface area contributed by atoms with Crippen LogP contribution in [-0.4, -0.2) is 49.7 Å². The van der Waals surface area contributed by atoms with Crippen molar-refractivity contribution in [3.05, 3.63) is 35.2 Å². The first kappa shape index (κ1) is 15.5. The van der Waals surface area contributed by atoms with Gasteiger partial charge in [0.2, 0.25) is 0 Å². The number of carbonyl (C=O) groups excluding carboxylic acids is 1. The predicted octanol–water partition coefficient (Wildman–Crippen LogP) is 2.62. The summed E-state index contributed by atoms with van der Waals surface area (Å²) in [6.07, 6.45) is 0. The van der Waals surface area contributed by atoms with Crippen molar-refractivity contribution in [2.24, 2.45) is 0 Å². The van der Waals surface area contributed by atoms with Gasteiger partial charge in [0.15, 0.2) is 11.5 Å². The molecule has 2 aromatic rings. The van der Waals surface area contributed by atoms with Crippen molar-refractivity contribution in [1.82, 2.24) is 10.2 Å². The predicted molar refractivity (Wildman–Crippen MR) is 94.1 cm³/mol. The molecule has 0 bridgehead atoms. The molecule has 4 rings (SSSR count). The van der Waals surface area contributed by atoms with E-state index in [9.17, 15) is 4.79 Å². The summed E-state index contributed by atoms with van der Waals surface area (Å²) in [5.74, 6) is 1.68. The zero-order chi connectivity index (χ0) is 16.5. The number of hydrogen-bond donors (Lipinski definition) is 1. The number of hydrogen-bond acceptors (Lipinski definition) is 5. The maximum atomic E-state index is 12.8. The van der Waals surface area contributed by atoms with Crippen LogP contribution in [0.1, 0.15) is 16.6 Å². The number of piperazine rings is 1. The zero-order valence-electron chi connectivity index (χ0n) is 13.6. The van der Waals surface area contributed by atoms with E-state index in [1.807, 2.05) is 35.2 Å². The van der Waals surface area contributed by atoms with E-state index >= 15 is 0 Å². The third-order valence-electron chi connectivity index (χ3n) is 4.41. The highest BCUT2D eigenvalue weighted by Gasteiger charge is 2.25. The van der Waals surface area contributed by atoms with Crippen LogP contribution >= 0.6 is 11.3 Å². The molecule has 0 aliphatic carbocycles. The number of amides is 1. The number of carbonyl (C=O) groups is 1. The fraction of sp³-hybridized carbons (Fsp3) is 0.389. The molecule has 1 fully saturated rings. The van der Waals surface area contributed by atoms with E-state index in [2.05, 4.69) is 12.2 Å². The van der Waals surface area contributed by atoms with Crippen molar-refractivity contribution >= 4 is 17.2 Å². The van der Waals surface area contributed by atoms with Gasteiger partial charge >= 0.3 is 0 Å². The topological polar surface area (TPSA) is 50.8 Å². The van der Waals surface area contributed by atoms with Crippen molar-refractivity contribution in [3.8, 4) is 21.9 Å². The molecule has 1 aromatic carbocycles. The second kappa shape index (κ2) is 6.45. The Labute approximate surface area is 145 Å². The molecule has 1 unspecified atom stereocenters. The van der Waals surface area contributed by atoms with Gasteiger partial charge in [0.25, 0.3) is 5.91 Å². The number of ether oxygens (including phenoxy) is 2. The highest BCUT2D eigenvalue weighted by Crippen LogP contribution is 2.37. The second-order valence-electron chi connectivity index (χ2n) is 6.07. The molecule has 1 aromatic heterocycles. The molecule has 0 spiro atoms. The minimum Gasteiger partial charge on any atom is -0.486 e. The maximum absolute atomic E-state index is 12.8. The zero-order valence-corrected chi connectivity index (χ0v) is 14.4. The van der Waals surface area contributed by atoms with Gasteiger partial charge < -0.3 is 19.7 Å². The number of nitrogens with zero attached hydrogens (tertiary/aromatic N) is 1. The van der Waals surface area contributed by atoms with Gasteiger partial charge in [-0.1, -0.05) is 0 Å². The SMILES string of the molecule is CC1CNCCN1C(=O)c1ccc(-c2ccc3c(c2)OCCO3)s1. The fourth-order valence-electron chi connectivity index (χ4n) is 3.09. The summed E-state index contributed by atoms with van der Waals surface area (Å²) >= 11 is 1.53. The summed E-state index contributed by atoms with van der Waals surface area (Å²) in [6, 6.07) is 10.1.